The maximum Gasteiger partial charge on any atom is 0.135 e. The van der Waals surface area contributed by atoms with Gasteiger partial charge in [0.1, 0.15) is 5.82 Å². The Morgan fingerprint density at radius 1 is 1.64 bits per heavy atom. The average molecular weight is 320 g/mol. The second-order valence-corrected chi connectivity index (χ2v) is 4.96. The van der Waals surface area contributed by atoms with Crippen LogP contribution in [0.4, 0.5) is 5.82 Å². The first kappa shape index (κ1) is 9.91. The molecule has 0 amide bonds. The highest BCUT2D eigenvalue weighted by molar-refractivity contribution is 14.1. The van der Waals surface area contributed by atoms with Crippen molar-refractivity contribution in [2.24, 2.45) is 0 Å². The monoisotopic (exact) mass is 320 g/mol. The minimum atomic E-state index is 0.709. The molecule has 0 aliphatic carbocycles. The van der Waals surface area contributed by atoms with Crippen molar-refractivity contribution in [2.45, 2.75) is 13.5 Å². The number of nitrogens with zero attached hydrogens (tertiary/aromatic N) is 3. The van der Waals surface area contributed by atoms with Gasteiger partial charge in [-0.15, -0.1) is 11.3 Å². The van der Waals surface area contributed by atoms with Gasteiger partial charge in [-0.25, -0.2) is 4.68 Å². The summed E-state index contributed by atoms with van der Waals surface area (Å²) in [5.74, 6) is 0.733. The first-order valence-corrected chi connectivity index (χ1v) is 6.00. The molecule has 2 aromatic heterocycles. The lowest BCUT2D eigenvalue weighted by Gasteiger charge is -2.00. The quantitative estimate of drug-likeness (QED) is 0.860. The van der Waals surface area contributed by atoms with Gasteiger partial charge in [-0.3, -0.25) is 4.98 Å². The number of hydrogen-bond acceptors (Lipinski definition) is 4. The van der Waals surface area contributed by atoms with Gasteiger partial charge in [0.15, 0.2) is 0 Å². The Morgan fingerprint density at radius 2 is 2.43 bits per heavy atom. The summed E-state index contributed by atoms with van der Waals surface area (Å²) in [5, 5.41) is 4.35. The Hall–Kier alpha value is -0.630. The van der Waals surface area contributed by atoms with Gasteiger partial charge in [-0.2, -0.15) is 5.10 Å². The minimum Gasteiger partial charge on any atom is -0.383 e. The largest absolute Gasteiger partial charge is 0.383 e. The molecule has 74 valence electrons. The van der Waals surface area contributed by atoms with Crippen molar-refractivity contribution >= 4 is 39.7 Å². The van der Waals surface area contributed by atoms with Crippen LogP contribution in [0.15, 0.2) is 11.7 Å². The summed E-state index contributed by atoms with van der Waals surface area (Å²) in [6.45, 7) is 2.67. The van der Waals surface area contributed by atoms with E-state index < -0.39 is 0 Å². The van der Waals surface area contributed by atoms with Crippen molar-refractivity contribution in [3.63, 3.8) is 0 Å². The molecule has 2 heterocycles. The van der Waals surface area contributed by atoms with Gasteiger partial charge in [0, 0.05) is 11.1 Å². The molecular weight excluding hydrogens is 311 g/mol. The molecular formula is C8H9IN4S. The van der Waals surface area contributed by atoms with Crippen LogP contribution in [-0.4, -0.2) is 14.8 Å². The first-order chi connectivity index (χ1) is 6.68. The molecule has 0 unspecified atom stereocenters. The summed E-state index contributed by atoms with van der Waals surface area (Å²) in [7, 11) is 0. The van der Waals surface area contributed by atoms with Crippen LogP contribution < -0.4 is 5.73 Å². The summed E-state index contributed by atoms with van der Waals surface area (Å²) in [4.78, 5) is 5.17. The number of nitrogen functional groups attached to an aromatic ring is 1. The molecule has 2 N–H and O–H groups in total. The summed E-state index contributed by atoms with van der Waals surface area (Å²) in [6, 6.07) is 0. The van der Waals surface area contributed by atoms with Gasteiger partial charge in [0.2, 0.25) is 0 Å². The van der Waals surface area contributed by atoms with E-state index in [1.54, 1.807) is 11.3 Å². The predicted molar refractivity (Wildman–Crippen MR) is 65.3 cm³/mol. The second-order valence-electron chi connectivity index (χ2n) is 2.91. The SMILES string of the molecule is Cc1nn(Cc2cncs2)c(N)c1I. The lowest BCUT2D eigenvalue weighted by atomic mass is 10.5. The van der Waals surface area contributed by atoms with Gasteiger partial charge in [-0.1, -0.05) is 0 Å². The fourth-order valence-corrected chi connectivity index (χ4v) is 2.13. The summed E-state index contributed by atoms with van der Waals surface area (Å²) in [6.07, 6.45) is 1.84. The number of aromatic nitrogens is 3. The molecule has 2 aromatic rings. The molecule has 0 aromatic carbocycles. The van der Waals surface area contributed by atoms with Gasteiger partial charge < -0.3 is 5.73 Å². The smallest absolute Gasteiger partial charge is 0.135 e. The number of aryl methyl sites for hydroxylation is 1. The second kappa shape index (κ2) is 3.85. The predicted octanol–water partition coefficient (Wildman–Crippen LogP) is 1.88. The van der Waals surface area contributed by atoms with Crippen molar-refractivity contribution in [3.8, 4) is 0 Å². The lowest BCUT2D eigenvalue weighted by Crippen LogP contribution is -2.05. The van der Waals surface area contributed by atoms with E-state index in [0.29, 0.717) is 6.54 Å². The van der Waals surface area contributed by atoms with Crippen molar-refractivity contribution in [1.82, 2.24) is 14.8 Å². The summed E-state index contributed by atoms with van der Waals surface area (Å²) >= 11 is 3.82. The minimum absolute atomic E-state index is 0.709. The van der Waals surface area contributed by atoms with E-state index in [-0.39, 0.29) is 0 Å². The molecule has 0 radical (unpaired) electrons. The van der Waals surface area contributed by atoms with Crippen LogP contribution in [0, 0.1) is 10.5 Å². The Kier molecular flexibility index (Phi) is 2.73. The third-order valence-electron chi connectivity index (χ3n) is 1.88. The van der Waals surface area contributed by atoms with Crippen molar-refractivity contribution in [2.75, 3.05) is 5.73 Å². The zero-order valence-electron chi connectivity index (χ0n) is 7.57. The maximum absolute atomic E-state index is 5.90. The third kappa shape index (κ3) is 1.76. The molecule has 2 rings (SSSR count). The Morgan fingerprint density at radius 3 is 2.93 bits per heavy atom. The van der Waals surface area contributed by atoms with Gasteiger partial charge in [-0.05, 0) is 29.5 Å². The number of halogens is 1. The molecule has 0 bridgehead atoms. The lowest BCUT2D eigenvalue weighted by molar-refractivity contribution is 0.696. The molecule has 4 nitrogen and oxygen atoms in total. The van der Waals surface area contributed by atoms with E-state index in [4.69, 9.17) is 5.73 Å². The van der Waals surface area contributed by atoms with Crippen molar-refractivity contribution < 1.29 is 0 Å². The van der Waals surface area contributed by atoms with E-state index in [2.05, 4.69) is 32.7 Å². The van der Waals surface area contributed by atoms with E-state index in [9.17, 15) is 0 Å². The van der Waals surface area contributed by atoms with Crippen LogP contribution >= 0.6 is 33.9 Å². The molecule has 0 fully saturated rings. The van der Waals surface area contributed by atoms with Crippen molar-refractivity contribution in [3.05, 3.63) is 25.8 Å². The average Bonchev–Trinajstić information content (AvgIpc) is 2.73. The summed E-state index contributed by atoms with van der Waals surface area (Å²) < 4.78 is 2.84. The third-order valence-corrected chi connectivity index (χ3v) is 3.98. The number of nitrogens with two attached hydrogens (primary N) is 1. The zero-order chi connectivity index (χ0) is 10.1. The van der Waals surface area contributed by atoms with E-state index in [1.165, 1.54) is 0 Å². The molecule has 0 saturated heterocycles. The fraction of sp³-hybridized carbons (Fsp3) is 0.250. The van der Waals surface area contributed by atoms with Crippen LogP contribution in [0.25, 0.3) is 0 Å². The highest BCUT2D eigenvalue weighted by Gasteiger charge is 2.09. The maximum atomic E-state index is 5.90. The number of hydrogen-bond donors (Lipinski definition) is 1. The first-order valence-electron chi connectivity index (χ1n) is 4.04. The van der Waals surface area contributed by atoms with Crippen LogP contribution in [0.1, 0.15) is 10.6 Å². The van der Waals surface area contributed by atoms with Crippen LogP contribution in [0.5, 0.6) is 0 Å². The molecule has 0 spiro atoms. The molecule has 0 aliphatic heterocycles. The van der Waals surface area contributed by atoms with Crippen LogP contribution in [-0.2, 0) is 6.54 Å². The topological polar surface area (TPSA) is 56.7 Å². The Bertz CT molecular complexity index is 434. The molecule has 0 saturated carbocycles. The van der Waals surface area contributed by atoms with Gasteiger partial charge in [0.25, 0.3) is 0 Å². The molecule has 0 aliphatic rings. The fourth-order valence-electron chi connectivity index (χ4n) is 1.17. The van der Waals surface area contributed by atoms with E-state index >= 15 is 0 Å². The van der Waals surface area contributed by atoms with Crippen LogP contribution in [0.3, 0.4) is 0 Å². The Labute approximate surface area is 99.3 Å². The normalized spacial score (nSPS) is 10.7. The van der Waals surface area contributed by atoms with E-state index in [1.807, 2.05) is 23.3 Å². The standard InChI is InChI=1S/C8H9IN4S/c1-5-7(9)8(10)13(12-5)3-6-2-11-4-14-6/h2,4H,3,10H2,1H3. The van der Waals surface area contributed by atoms with Crippen LogP contribution in [0.2, 0.25) is 0 Å². The van der Waals surface area contributed by atoms with Gasteiger partial charge >= 0.3 is 0 Å². The highest BCUT2D eigenvalue weighted by Crippen LogP contribution is 2.20. The zero-order valence-corrected chi connectivity index (χ0v) is 10.5. The molecule has 14 heavy (non-hydrogen) atoms. The highest BCUT2D eigenvalue weighted by atomic mass is 127. The summed E-state index contributed by atoms with van der Waals surface area (Å²) in [5.41, 5.74) is 8.69. The van der Waals surface area contributed by atoms with E-state index in [0.717, 1.165) is 20.0 Å². The van der Waals surface area contributed by atoms with Crippen molar-refractivity contribution in [1.29, 1.82) is 0 Å². The Balaban J connectivity index is 2.30. The number of anilines is 1. The number of rotatable bonds is 2. The number of thiazole rings is 1. The molecule has 6 heteroatoms. The van der Waals surface area contributed by atoms with Gasteiger partial charge in [0.05, 0.1) is 21.3 Å². The molecule has 0 atom stereocenters.